The molecule has 0 spiro atoms. The topological polar surface area (TPSA) is 60.9 Å². The molecule has 6 heteroatoms. The number of hydrogen-bond acceptors (Lipinski definition) is 2. The van der Waals surface area contributed by atoms with E-state index in [4.69, 9.17) is 5.11 Å². The zero-order valence-corrected chi connectivity index (χ0v) is 12.1. The number of urea groups is 1. The lowest BCUT2D eigenvalue weighted by atomic mass is 10.1. The van der Waals surface area contributed by atoms with E-state index in [1.165, 1.54) is 15.9 Å². The number of carbonyl (C=O) groups is 2. The molecule has 1 aromatic rings. The first-order valence-electron chi connectivity index (χ1n) is 6.94. The van der Waals surface area contributed by atoms with E-state index in [2.05, 4.69) is 0 Å². The van der Waals surface area contributed by atoms with Gasteiger partial charge in [-0.25, -0.2) is 14.0 Å². The van der Waals surface area contributed by atoms with Crippen molar-refractivity contribution in [2.45, 2.75) is 31.8 Å². The highest BCUT2D eigenvalue weighted by molar-refractivity contribution is 5.83. The molecule has 5 nitrogen and oxygen atoms in total. The lowest BCUT2D eigenvalue weighted by Crippen LogP contribution is -2.47. The zero-order valence-electron chi connectivity index (χ0n) is 12.1. The van der Waals surface area contributed by atoms with Gasteiger partial charge in [-0.15, -0.1) is 0 Å². The molecule has 2 rings (SSSR count). The Morgan fingerprint density at radius 1 is 1.43 bits per heavy atom. The molecule has 114 valence electrons. The molecule has 1 N–H and O–H groups in total. The monoisotopic (exact) mass is 294 g/mol. The first-order chi connectivity index (χ1) is 9.93. The van der Waals surface area contributed by atoms with Crippen LogP contribution in [-0.2, 0) is 4.79 Å². The fourth-order valence-electron chi connectivity index (χ4n) is 2.64. The first-order valence-corrected chi connectivity index (χ1v) is 6.94. The highest BCUT2D eigenvalue weighted by Gasteiger charge is 2.36. The minimum Gasteiger partial charge on any atom is -0.480 e. The average molecular weight is 294 g/mol. The number of halogens is 1. The summed E-state index contributed by atoms with van der Waals surface area (Å²) in [6.07, 6.45) is 1.13. The highest BCUT2D eigenvalue weighted by Crippen LogP contribution is 2.25. The average Bonchev–Trinajstić information content (AvgIpc) is 2.95. The summed E-state index contributed by atoms with van der Waals surface area (Å²) < 4.78 is 13.8. The Balaban J connectivity index is 2.16. The van der Waals surface area contributed by atoms with Crippen molar-refractivity contribution in [1.29, 1.82) is 0 Å². The molecule has 1 saturated heterocycles. The molecule has 0 saturated carbocycles. The van der Waals surface area contributed by atoms with E-state index in [0.29, 0.717) is 24.9 Å². The van der Waals surface area contributed by atoms with Gasteiger partial charge < -0.3 is 14.9 Å². The summed E-state index contributed by atoms with van der Waals surface area (Å²) in [6.45, 7) is 2.15. The first kappa shape index (κ1) is 15.3. The Morgan fingerprint density at radius 3 is 2.71 bits per heavy atom. The minimum absolute atomic E-state index is 0.374. The number of carboxylic acids is 1. The number of rotatable bonds is 3. The van der Waals surface area contributed by atoms with Gasteiger partial charge in [-0.3, -0.25) is 0 Å². The zero-order chi connectivity index (χ0) is 15.6. The Labute approximate surface area is 123 Å². The van der Waals surface area contributed by atoms with Crippen molar-refractivity contribution >= 4 is 12.0 Å². The Bertz CT molecular complexity index is 549. The Morgan fingerprint density at radius 2 is 2.10 bits per heavy atom. The van der Waals surface area contributed by atoms with Crippen LogP contribution in [0.15, 0.2) is 24.3 Å². The molecule has 2 atom stereocenters. The number of amides is 2. The Hall–Kier alpha value is -2.11. The van der Waals surface area contributed by atoms with Crippen molar-refractivity contribution in [1.82, 2.24) is 9.80 Å². The van der Waals surface area contributed by atoms with Gasteiger partial charge in [0.25, 0.3) is 0 Å². The van der Waals surface area contributed by atoms with E-state index in [1.54, 1.807) is 32.2 Å². The third-order valence-corrected chi connectivity index (χ3v) is 4.02. The highest BCUT2D eigenvalue weighted by atomic mass is 19.1. The third-order valence-electron chi connectivity index (χ3n) is 4.02. The predicted molar refractivity (Wildman–Crippen MR) is 75.3 cm³/mol. The van der Waals surface area contributed by atoms with E-state index in [0.717, 1.165) is 0 Å². The third kappa shape index (κ3) is 2.99. The van der Waals surface area contributed by atoms with Gasteiger partial charge in [0.2, 0.25) is 0 Å². The molecule has 1 aliphatic heterocycles. The van der Waals surface area contributed by atoms with Crippen molar-refractivity contribution in [3.05, 3.63) is 35.6 Å². The van der Waals surface area contributed by atoms with Gasteiger partial charge in [0.05, 0.1) is 6.04 Å². The summed E-state index contributed by atoms with van der Waals surface area (Å²) in [6, 6.07) is 4.65. The molecule has 21 heavy (non-hydrogen) atoms. The number of nitrogens with zero attached hydrogens (tertiary/aromatic N) is 2. The van der Waals surface area contributed by atoms with Crippen LogP contribution in [0.1, 0.15) is 31.4 Å². The number of benzene rings is 1. The second-order valence-electron chi connectivity index (χ2n) is 5.28. The van der Waals surface area contributed by atoms with Crippen molar-refractivity contribution < 1.29 is 19.1 Å². The molecular weight excluding hydrogens is 275 g/mol. The molecule has 0 bridgehead atoms. The molecule has 0 aliphatic carbocycles. The lowest BCUT2D eigenvalue weighted by molar-refractivity contribution is -0.141. The summed E-state index contributed by atoms with van der Waals surface area (Å²) in [5.41, 5.74) is 0.416. The van der Waals surface area contributed by atoms with Crippen molar-refractivity contribution in [3.8, 4) is 0 Å². The number of aliphatic carboxylic acids is 1. The van der Waals surface area contributed by atoms with Gasteiger partial charge in [0.15, 0.2) is 0 Å². The van der Waals surface area contributed by atoms with Crippen LogP contribution in [0.25, 0.3) is 0 Å². The van der Waals surface area contributed by atoms with Gasteiger partial charge >= 0.3 is 12.0 Å². The second-order valence-corrected chi connectivity index (χ2v) is 5.28. The molecule has 2 amide bonds. The summed E-state index contributed by atoms with van der Waals surface area (Å²) >= 11 is 0. The van der Waals surface area contributed by atoms with Crippen molar-refractivity contribution in [3.63, 3.8) is 0 Å². The van der Waals surface area contributed by atoms with Crippen LogP contribution in [-0.4, -0.2) is 46.5 Å². The van der Waals surface area contributed by atoms with Crippen LogP contribution >= 0.6 is 0 Å². The van der Waals surface area contributed by atoms with E-state index in [9.17, 15) is 14.0 Å². The standard InChI is InChI=1S/C15H19FN2O3/c1-10(11-6-3-4-7-12(11)16)17(2)15(21)18-9-5-8-13(18)14(19)20/h3-4,6-7,10,13H,5,8-9H2,1-2H3,(H,19,20). The van der Waals surface area contributed by atoms with E-state index < -0.39 is 18.1 Å². The van der Waals surface area contributed by atoms with Crippen LogP contribution < -0.4 is 0 Å². The van der Waals surface area contributed by atoms with Gasteiger partial charge in [-0.05, 0) is 25.8 Å². The number of carboxylic acid groups (broad SMARTS) is 1. The number of likely N-dealkylation sites (tertiary alicyclic amines) is 1. The van der Waals surface area contributed by atoms with Crippen LogP contribution in [0.2, 0.25) is 0 Å². The van der Waals surface area contributed by atoms with Gasteiger partial charge in [0, 0.05) is 19.2 Å². The van der Waals surface area contributed by atoms with Gasteiger partial charge in [-0.2, -0.15) is 0 Å². The lowest BCUT2D eigenvalue weighted by Gasteiger charge is -2.32. The summed E-state index contributed by atoms with van der Waals surface area (Å²) in [5.74, 6) is -1.37. The van der Waals surface area contributed by atoms with Crippen LogP contribution in [0.4, 0.5) is 9.18 Å². The predicted octanol–water partition coefficient (Wildman–Crippen LogP) is 2.49. The maximum atomic E-state index is 13.8. The Kier molecular flexibility index (Phi) is 4.45. The van der Waals surface area contributed by atoms with Crippen molar-refractivity contribution in [2.75, 3.05) is 13.6 Å². The SMILES string of the molecule is CC(c1ccccc1F)N(C)C(=O)N1CCCC1C(=O)O. The number of hydrogen-bond donors (Lipinski definition) is 1. The van der Waals surface area contributed by atoms with E-state index >= 15 is 0 Å². The summed E-state index contributed by atoms with van der Waals surface area (Å²) in [5, 5.41) is 9.14. The molecule has 0 radical (unpaired) electrons. The smallest absolute Gasteiger partial charge is 0.326 e. The van der Waals surface area contributed by atoms with Crippen LogP contribution in [0, 0.1) is 5.82 Å². The van der Waals surface area contributed by atoms with Crippen molar-refractivity contribution in [2.24, 2.45) is 0 Å². The molecule has 1 fully saturated rings. The molecular formula is C15H19FN2O3. The largest absolute Gasteiger partial charge is 0.480 e. The fourth-order valence-corrected chi connectivity index (χ4v) is 2.64. The van der Waals surface area contributed by atoms with Gasteiger partial charge in [0.1, 0.15) is 11.9 Å². The summed E-state index contributed by atoms with van der Waals surface area (Å²) in [7, 11) is 1.57. The minimum atomic E-state index is -0.993. The van der Waals surface area contributed by atoms with E-state index in [-0.39, 0.29) is 11.8 Å². The maximum Gasteiger partial charge on any atom is 0.326 e. The maximum absolute atomic E-state index is 13.8. The van der Waals surface area contributed by atoms with Crippen LogP contribution in [0.3, 0.4) is 0 Å². The second kappa shape index (κ2) is 6.11. The number of carbonyl (C=O) groups excluding carboxylic acids is 1. The molecule has 1 aliphatic rings. The summed E-state index contributed by atoms with van der Waals surface area (Å²) in [4.78, 5) is 26.3. The molecule has 0 aromatic heterocycles. The molecule has 2 unspecified atom stereocenters. The normalized spacial score (nSPS) is 19.4. The molecule has 1 heterocycles. The fraction of sp³-hybridized carbons (Fsp3) is 0.467. The van der Waals surface area contributed by atoms with Gasteiger partial charge in [-0.1, -0.05) is 18.2 Å². The molecule has 1 aromatic carbocycles. The van der Waals surface area contributed by atoms with E-state index in [1.807, 2.05) is 0 Å². The van der Waals surface area contributed by atoms with Crippen LogP contribution in [0.5, 0.6) is 0 Å². The quantitative estimate of drug-likeness (QED) is 0.931.